The van der Waals surface area contributed by atoms with E-state index in [1.807, 2.05) is 7.05 Å². The van der Waals surface area contributed by atoms with E-state index in [1.54, 1.807) is 17.2 Å². The second-order valence-electron chi connectivity index (χ2n) is 4.44. The second-order valence-corrected chi connectivity index (χ2v) is 4.44. The van der Waals surface area contributed by atoms with Gasteiger partial charge in [-0.15, -0.1) is 0 Å². The summed E-state index contributed by atoms with van der Waals surface area (Å²) in [5.74, 6) is 0.877. The van der Waals surface area contributed by atoms with Gasteiger partial charge in [-0.25, -0.2) is 9.97 Å². The van der Waals surface area contributed by atoms with Gasteiger partial charge in [0.15, 0.2) is 5.65 Å². The Morgan fingerprint density at radius 1 is 1.41 bits per heavy atom. The molecule has 1 aliphatic heterocycles. The summed E-state index contributed by atoms with van der Waals surface area (Å²) in [5.41, 5.74) is 0.829. The molecule has 0 saturated carbocycles. The molecule has 3 rings (SSSR count). The monoisotopic (exact) mass is 233 g/mol. The molecule has 0 aromatic carbocycles. The minimum absolute atomic E-state index is 0.259. The van der Waals surface area contributed by atoms with Crippen LogP contribution >= 0.6 is 0 Å². The molecular weight excluding hydrogens is 218 g/mol. The fourth-order valence-corrected chi connectivity index (χ4v) is 2.35. The van der Waals surface area contributed by atoms with Crippen molar-refractivity contribution in [2.24, 2.45) is 7.05 Å². The number of rotatable bonds is 1. The van der Waals surface area contributed by atoms with E-state index in [0.29, 0.717) is 6.54 Å². The van der Waals surface area contributed by atoms with Gasteiger partial charge >= 0.3 is 0 Å². The summed E-state index contributed by atoms with van der Waals surface area (Å²) in [6.07, 6.45) is 4.95. The number of hydrogen-bond donors (Lipinski definition) is 1. The zero-order valence-corrected chi connectivity index (χ0v) is 9.74. The molecule has 1 saturated heterocycles. The quantitative estimate of drug-likeness (QED) is 0.768. The second kappa shape index (κ2) is 3.96. The van der Waals surface area contributed by atoms with E-state index >= 15 is 0 Å². The number of aliphatic hydroxyl groups excluding tert-OH is 1. The van der Waals surface area contributed by atoms with E-state index < -0.39 is 0 Å². The summed E-state index contributed by atoms with van der Waals surface area (Å²) in [6, 6.07) is 0. The number of hydrogen-bond acceptors (Lipinski definition) is 5. The Labute approximate surface area is 98.9 Å². The van der Waals surface area contributed by atoms with Crippen LogP contribution < -0.4 is 4.90 Å². The average molecular weight is 233 g/mol. The van der Waals surface area contributed by atoms with Crippen LogP contribution in [0.25, 0.3) is 11.0 Å². The molecule has 1 atom stereocenters. The molecule has 1 N–H and O–H groups in total. The van der Waals surface area contributed by atoms with Gasteiger partial charge in [0.2, 0.25) is 0 Å². The molecule has 0 bridgehead atoms. The fraction of sp³-hybridized carbons (Fsp3) is 0.545. The van der Waals surface area contributed by atoms with Gasteiger partial charge in [-0.05, 0) is 12.8 Å². The van der Waals surface area contributed by atoms with Crippen molar-refractivity contribution in [2.75, 3.05) is 18.0 Å². The van der Waals surface area contributed by atoms with Gasteiger partial charge in [0.1, 0.15) is 12.1 Å². The number of aromatic nitrogens is 4. The first-order chi connectivity index (χ1) is 8.25. The van der Waals surface area contributed by atoms with Gasteiger partial charge in [-0.3, -0.25) is 4.68 Å². The minimum Gasteiger partial charge on any atom is -0.391 e. The van der Waals surface area contributed by atoms with E-state index in [2.05, 4.69) is 20.0 Å². The summed E-state index contributed by atoms with van der Waals surface area (Å²) in [6.45, 7) is 1.57. The van der Waals surface area contributed by atoms with Crippen molar-refractivity contribution in [1.82, 2.24) is 19.7 Å². The molecule has 0 aliphatic carbocycles. The van der Waals surface area contributed by atoms with Gasteiger partial charge < -0.3 is 10.0 Å². The number of nitrogens with zero attached hydrogens (tertiary/aromatic N) is 5. The summed E-state index contributed by atoms with van der Waals surface area (Å²) in [4.78, 5) is 10.7. The van der Waals surface area contributed by atoms with Gasteiger partial charge in [-0.2, -0.15) is 5.10 Å². The number of β-amino-alcohol motifs (C(OH)–C–C–N with tert-alkyl or cyclic N) is 1. The van der Waals surface area contributed by atoms with Gasteiger partial charge in [0.25, 0.3) is 0 Å². The molecule has 1 fully saturated rings. The van der Waals surface area contributed by atoms with E-state index in [9.17, 15) is 5.11 Å². The fourth-order valence-electron chi connectivity index (χ4n) is 2.35. The maximum atomic E-state index is 9.71. The molecule has 6 heteroatoms. The highest BCUT2D eigenvalue weighted by Crippen LogP contribution is 2.24. The van der Waals surface area contributed by atoms with Crippen molar-refractivity contribution in [2.45, 2.75) is 18.9 Å². The average Bonchev–Trinajstić information content (AvgIpc) is 2.71. The number of piperidine rings is 1. The smallest absolute Gasteiger partial charge is 0.163 e. The first kappa shape index (κ1) is 10.5. The molecule has 0 amide bonds. The predicted octanol–water partition coefficient (Wildman–Crippen LogP) is 0.324. The lowest BCUT2D eigenvalue weighted by Gasteiger charge is -2.31. The standard InChI is InChI=1S/C11H15N5O/c1-15-10-9(5-14-15)11(13-7-12-10)16-4-2-3-8(17)6-16/h5,7-8,17H,2-4,6H2,1H3. The van der Waals surface area contributed by atoms with Crippen molar-refractivity contribution in [3.8, 4) is 0 Å². The number of aryl methyl sites for hydroxylation is 1. The van der Waals surface area contributed by atoms with Crippen molar-refractivity contribution in [1.29, 1.82) is 0 Å². The Kier molecular flexibility index (Phi) is 2.44. The van der Waals surface area contributed by atoms with Crippen molar-refractivity contribution >= 4 is 16.9 Å². The Morgan fingerprint density at radius 2 is 2.29 bits per heavy atom. The topological polar surface area (TPSA) is 67.1 Å². The lowest BCUT2D eigenvalue weighted by molar-refractivity contribution is 0.154. The Morgan fingerprint density at radius 3 is 3.12 bits per heavy atom. The number of aliphatic hydroxyl groups is 1. The Hall–Kier alpha value is -1.69. The molecule has 1 aliphatic rings. The van der Waals surface area contributed by atoms with Crippen LogP contribution in [0.4, 0.5) is 5.82 Å². The third-order valence-electron chi connectivity index (χ3n) is 3.20. The molecule has 0 radical (unpaired) electrons. The van der Waals surface area contributed by atoms with Crippen LogP contribution in [0.1, 0.15) is 12.8 Å². The molecule has 2 aromatic heterocycles. The van der Waals surface area contributed by atoms with E-state index in [-0.39, 0.29) is 6.10 Å². The molecule has 90 valence electrons. The van der Waals surface area contributed by atoms with Crippen LogP contribution in [0.5, 0.6) is 0 Å². The van der Waals surface area contributed by atoms with Crippen molar-refractivity contribution in [3.05, 3.63) is 12.5 Å². The highest BCUT2D eigenvalue weighted by atomic mass is 16.3. The summed E-state index contributed by atoms with van der Waals surface area (Å²) in [5, 5.41) is 14.9. The van der Waals surface area contributed by atoms with Crippen molar-refractivity contribution in [3.63, 3.8) is 0 Å². The summed E-state index contributed by atoms with van der Waals surface area (Å²) < 4.78 is 1.74. The first-order valence-electron chi connectivity index (χ1n) is 5.81. The third-order valence-corrected chi connectivity index (χ3v) is 3.20. The largest absolute Gasteiger partial charge is 0.391 e. The van der Waals surface area contributed by atoms with Crippen LogP contribution in [-0.4, -0.2) is 44.0 Å². The Bertz CT molecular complexity index is 538. The highest BCUT2D eigenvalue weighted by molar-refractivity contribution is 5.86. The van der Waals surface area contributed by atoms with Crippen LogP contribution in [0.3, 0.4) is 0 Å². The molecule has 17 heavy (non-hydrogen) atoms. The van der Waals surface area contributed by atoms with Crippen molar-refractivity contribution < 1.29 is 5.11 Å². The first-order valence-corrected chi connectivity index (χ1v) is 5.81. The Balaban J connectivity index is 2.04. The third kappa shape index (κ3) is 1.74. The molecule has 6 nitrogen and oxygen atoms in total. The minimum atomic E-state index is -0.259. The maximum absolute atomic E-state index is 9.71. The molecule has 0 spiro atoms. The molecule has 2 aromatic rings. The predicted molar refractivity (Wildman–Crippen MR) is 63.8 cm³/mol. The summed E-state index contributed by atoms with van der Waals surface area (Å²) in [7, 11) is 1.87. The number of fused-ring (bicyclic) bond motifs is 1. The molecule has 3 heterocycles. The molecule has 1 unspecified atom stereocenters. The highest BCUT2D eigenvalue weighted by Gasteiger charge is 2.21. The van der Waals surface area contributed by atoms with Crippen LogP contribution in [0, 0.1) is 0 Å². The normalized spacial score (nSPS) is 21.1. The lowest BCUT2D eigenvalue weighted by Crippen LogP contribution is -2.38. The lowest BCUT2D eigenvalue weighted by atomic mass is 10.1. The van der Waals surface area contributed by atoms with Gasteiger partial charge in [0, 0.05) is 20.1 Å². The van der Waals surface area contributed by atoms with Crippen LogP contribution in [-0.2, 0) is 7.05 Å². The van der Waals surface area contributed by atoms with E-state index in [1.165, 1.54) is 0 Å². The molecular formula is C11H15N5O. The summed E-state index contributed by atoms with van der Waals surface area (Å²) >= 11 is 0. The zero-order valence-electron chi connectivity index (χ0n) is 9.74. The maximum Gasteiger partial charge on any atom is 0.163 e. The SMILES string of the molecule is Cn1ncc2c(N3CCCC(O)C3)ncnc21. The van der Waals surface area contributed by atoms with Crippen LogP contribution in [0.15, 0.2) is 12.5 Å². The zero-order chi connectivity index (χ0) is 11.8. The van der Waals surface area contributed by atoms with Gasteiger partial charge in [0.05, 0.1) is 17.7 Å². The van der Waals surface area contributed by atoms with E-state index in [4.69, 9.17) is 0 Å². The van der Waals surface area contributed by atoms with Gasteiger partial charge in [-0.1, -0.05) is 0 Å². The van der Waals surface area contributed by atoms with Crippen LogP contribution in [0.2, 0.25) is 0 Å². The number of anilines is 1. The van der Waals surface area contributed by atoms with E-state index in [0.717, 1.165) is 36.2 Å².